The highest BCUT2D eigenvalue weighted by atomic mass is 79.9. The lowest BCUT2D eigenvalue weighted by molar-refractivity contribution is 0.504. The zero-order valence-corrected chi connectivity index (χ0v) is 13.2. The van der Waals surface area contributed by atoms with E-state index in [4.69, 9.17) is 16.7 Å². The molecule has 0 unspecified atom stereocenters. The van der Waals surface area contributed by atoms with Gasteiger partial charge in [0.1, 0.15) is 30.5 Å². The Morgan fingerprint density at radius 2 is 1.41 bits per heavy atom. The Morgan fingerprint density at radius 1 is 0.818 bits per heavy atom. The lowest BCUT2D eigenvalue weighted by atomic mass is 9.89. The van der Waals surface area contributed by atoms with Crippen molar-refractivity contribution in [1.82, 2.24) is 0 Å². The highest BCUT2D eigenvalue weighted by Crippen LogP contribution is 2.45. The van der Waals surface area contributed by atoms with E-state index in [1.54, 1.807) is 0 Å². The predicted molar refractivity (Wildman–Crippen MR) is 91.9 cm³/mol. The molecule has 0 amide bonds. The smallest absolute Gasteiger partial charge is 0.135 e. The maximum atomic E-state index is 6.06. The van der Waals surface area contributed by atoms with Gasteiger partial charge >= 0.3 is 0 Å². The third-order valence-electron chi connectivity index (χ3n) is 4.34. The fourth-order valence-electron chi connectivity index (χ4n) is 3.41. The van der Waals surface area contributed by atoms with Gasteiger partial charge in [0.05, 0.1) is 0 Å². The minimum absolute atomic E-state index is 0.747. The maximum absolute atomic E-state index is 6.06. The van der Waals surface area contributed by atoms with E-state index in [1.165, 1.54) is 0 Å². The molecule has 0 bridgehead atoms. The van der Waals surface area contributed by atoms with E-state index in [9.17, 15) is 0 Å². The summed E-state index contributed by atoms with van der Waals surface area (Å²) in [7, 11) is 5.98. The fourth-order valence-corrected chi connectivity index (χ4v) is 3.77. The van der Waals surface area contributed by atoms with Gasteiger partial charge in [0.15, 0.2) is 0 Å². The largest absolute Gasteiger partial charge is 0.460 e. The summed E-state index contributed by atoms with van der Waals surface area (Å²) in [6.45, 7) is 0. The predicted octanol–water partition coefficient (Wildman–Crippen LogP) is 4.50. The molecule has 0 atom stereocenters. The molecule has 22 heavy (non-hydrogen) atoms. The molecular formula is C18H10BBrO2. The lowest BCUT2D eigenvalue weighted by Gasteiger charge is -2.10. The average molecular weight is 349 g/mol. The van der Waals surface area contributed by atoms with Crippen LogP contribution in [0.2, 0.25) is 0 Å². The molecule has 0 aliphatic heterocycles. The van der Waals surface area contributed by atoms with Crippen LogP contribution in [0.3, 0.4) is 0 Å². The number of hydrogen-bond donors (Lipinski definition) is 0. The number of halogens is 1. The van der Waals surface area contributed by atoms with Crippen molar-refractivity contribution in [2.24, 2.45) is 0 Å². The molecule has 4 heteroatoms. The van der Waals surface area contributed by atoms with Crippen LogP contribution in [-0.4, -0.2) is 7.85 Å². The Morgan fingerprint density at radius 3 is 2.09 bits per heavy atom. The summed E-state index contributed by atoms with van der Waals surface area (Å²) in [5, 5.41) is 2.19. The van der Waals surface area contributed by atoms with Gasteiger partial charge in [-0.25, -0.2) is 0 Å². The molecular weight excluding hydrogens is 339 g/mol. The first-order valence-corrected chi connectivity index (χ1v) is 8.02. The summed E-state index contributed by atoms with van der Waals surface area (Å²) in [6.07, 6.45) is 1.72. The number of hydrogen-bond acceptors (Lipinski definition) is 2. The van der Waals surface area contributed by atoms with Crippen molar-refractivity contribution in [2.75, 3.05) is 0 Å². The Kier molecular flexibility index (Phi) is 2.46. The fraction of sp³-hybridized carbons (Fsp3) is 0.111. The molecule has 2 nitrogen and oxygen atoms in total. The molecule has 2 aromatic heterocycles. The van der Waals surface area contributed by atoms with Gasteiger partial charge < -0.3 is 8.83 Å². The number of fused-ring (bicyclic) bond motifs is 7. The molecule has 0 saturated heterocycles. The second kappa shape index (κ2) is 4.29. The van der Waals surface area contributed by atoms with E-state index in [0.29, 0.717) is 0 Å². The van der Waals surface area contributed by atoms with Gasteiger partial charge in [-0.15, -0.1) is 0 Å². The van der Waals surface area contributed by atoms with Crippen LogP contribution in [-0.2, 0) is 12.8 Å². The standard InChI is InChI=1S/C18H10BBrO2/c19-9-1-3-13-11(7-9)17-15(21-13)5-6-16-18(17)12-8-10(20)2-4-14(12)22-16/h1-4,7-8H,5-6H2. The number of rotatable bonds is 0. The maximum Gasteiger partial charge on any atom is 0.135 e. The second-order valence-electron chi connectivity index (χ2n) is 5.70. The molecule has 104 valence electrons. The van der Waals surface area contributed by atoms with E-state index in [1.807, 2.05) is 30.3 Å². The molecule has 0 spiro atoms. The zero-order valence-electron chi connectivity index (χ0n) is 11.7. The van der Waals surface area contributed by atoms with E-state index < -0.39 is 0 Å². The van der Waals surface area contributed by atoms with Crippen molar-refractivity contribution in [3.63, 3.8) is 0 Å². The number of aryl methyl sites for hydroxylation is 2. The van der Waals surface area contributed by atoms with Crippen LogP contribution in [0.5, 0.6) is 0 Å². The van der Waals surface area contributed by atoms with Gasteiger partial charge in [0, 0.05) is 39.2 Å². The summed E-state index contributed by atoms with van der Waals surface area (Å²) in [6, 6.07) is 11.9. The zero-order chi connectivity index (χ0) is 14.8. The molecule has 5 rings (SSSR count). The van der Waals surface area contributed by atoms with Gasteiger partial charge in [0.25, 0.3) is 0 Å². The van der Waals surface area contributed by atoms with E-state index in [2.05, 4.69) is 22.0 Å². The van der Waals surface area contributed by atoms with Crippen LogP contribution in [0.4, 0.5) is 0 Å². The summed E-state index contributed by atoms with van der Waals surface area (Å²) < 4.78 is 13.1. The summed E-state index contributed by atoms with van der Waals surface area (Å²) in [4.78, 5) is 0. The van der Waals surface area contributed by atoms with Gasteiger partial charge in [0.2, 0.25) is 0 Å². The van der Waals surface area contributed by atoms with Gasteiger partial charge in [-0.2, -0.15) is 0 Å². The lowest BCUT2D eigenvalue weighted by Crippen LogP contribution is -2.01. The monoisotopic (exact) mass is 348 g/mol. The average Bonchev–Trinajstić information content (AvgIpc) is 3.04. The van der Waals surface area contributed by atoms with Crippen molar-refractivity contribution < 1.29 is 8.83 Å². The first kappa shape index (κ1) is 12.6. The molecule has 4 aromatic rings. The van der Waals surface area contributed by atoms with Crippen LogP contribution in [0.1, 0.15) is 11.5 Å². The molecule has 2 heterocycles. The summed E-state index contributed by atoms with van der Waals surface area (Å²) in [5.41, 5.74) is 4.84. The molecule has 0 fully saturated rings. The van der Waals surface area contributed by atoms with Gasteiger partial charge in [-0.1, -0.05) is 33.5 Å². The first-order valence-electron chi connectivity index (χ1n) is 7.23. The second-order valence-corrected chi connectivity index (χ2v) is 6.61. The third-order valence-corrected chi connectivity index (χ3v) is 4.83. The summed E-state index contributed by atoms with van der Waals surface area (Å²) >= 11 is 3.55. The van der Waals surface area contributed by atoms with E-state index in [0.717, 1.165) is 67.4 Å². The van der Waals surface area contributed by atoms with Crippen LogP contribution < -0.4 is 5.46 Å². The van der Waals surface area contributed by atoms with Crippen molar-refractivity contribution in [2.45, 2.75) is 12.8 Å². The third kappa shape index (κ3) is 1.62. The highest BCUT2D eigenvalue weighted by molar-refractivity contribution is 9.10. The number of furan rings is 2. The van der Waals surface area contributed by atoms with Crippen LogP contribution in [0, 0.1) is 0 Å². The Hall–Kier alpha value is -1.94. The minimum atomic E-state index is 0.747. The molecule has 1 aliphatic carbocycles. The van der Waals surface area contributed by atoms with Gasteiger partial charge in [-0.05, 0) is 24.3 Å². The molecule has 0 saturated carbocycles. The summed E-state index contributed by atoms with van der Waals surface area (Å²) in [5.74, 6) is 2.06. The van der Waals surface area contributed by atoms with Crippen LogP contribution in [0.15, 0.2) is 49.7 Å². The van der Waals surface area contributed by atoms with Gasteiger partial charge in [-0.3, -0.25) is 0 Å². The SMILES string of the molecule is [B]c1ccc2oc3c(c2c1)-c1c(oc2ccc(Br)cc12)CC3. The Labute approximate surface area is 136 Å². The van der Waals surface area contributed by atoms with E-state index >= 15 is 0 Å². The Bertz CT molecular complexity index is 972. The van der Waals surface area contributed by atoms with Crippen molar-refractivity contribution in [3.8, 4) is 11.1 Å². The minimum Gasteiger partial charge on any atom is -0.460 e. The molecule has 0 N–H and O–H groups in total. The topological polar surface area (TPSA) is 26.3 Å². The van der Waals surface area contributed by atoms with Crippen molar-refractivity contribution in [1.29, 1.82) is 0 Å². The molecule has 2 aromatic carbocycles. The first-order chi connectivity index (χ1) is 10.7. The van der Waals surface area contributed by atoms with Crippen molar-refractivity contribution in [3.05, 3.63) is 52.4 Å². The van der Waals surface area contributed by atoms with E-state index in [-0.39, 0.29) is 0 Å². The van der Waals surface area contributed by atoms with Crippen LogP contribution >= 0.6 is 15.9 Å². The normalized spacial score (nSPS) is 13.5. The quantitative estimate of drug-likeness (QED) is 0.437. The molecule has 1 aliphatic rings. The number of benzene rings is 2. The van der Waals surface area contributed by atoms with Crippen LogP contribution in [0.25, 0.3) is 33.1 Å². The molecule has 2 radical (unpaired) electrons. The van der Waals surface area contributed by atoms with Crippen molar-refractivity contribution >= 4 is 51.2 Å². The highest BCUT2D eigenvalue weighted by Gasteiger charge is 2.28. The Balaban J connectivity index is 1.96.